The van der Waals surface area contributed by atoms with Crippen molar-refractivity contribution in [1.82, 2.24) is 4.57 Å². The molecule has 0 aliphatic rings. The third kappa shape index (κ3) is 5.17. The Labute approximate surface area is 274 Å². The number of hydrogen-bond donors (Lipinski definition) is 0. The number of aromatic nitrogens is 1. The summed E-state index contributed by atoms with van der Waals surface area (Å²) in [5.41, 5.74) is 8.57. The van der Waals surface area contributed by atoms with Gasteiger partial charge in [-0.1, -0.05) is 97.1 Å². The number of anilines is 3. The summed E-state index contributed by atoms with van der Waals surface area (Å²) in [5, 5.41) is 2.36. The minimum atomic E-state index is -3.56. The fourth-order valence-corrected chi connectivity index (χ4v) is 7.63. The zero-order valence-electron chi connectivity index (χ0n) is 25.4. The first-order chi connectivity index (χ1) is 23.1. The van der Waals surface area contributed by atoms with Crippen LogP contribution in [0.4, 0.5) is 17.1 Å². The number of hydrogen-bond acceptors (Lipinski definition) is 3. The van der Waals surface area contributed by atoms with Gasteiger partial charge in [-0.2, -0.15) is 0 Å². The molecule has 8 rings (SSSR count). The number of benzene rings is 7. The average Bonchev–Trinajstić information content (AvgIpc) is 3.47. The van der Waals surface area contributed by atoms with Crippen LogP contribution in [-0.4, -0.2) is 13.0 Å². The molecule has 47 heavy (non-hydrogen) atoms. The summed E-state index contributed by atoms with van der Waals surface area (Å²) >= 11 is 0. The van der Waals surface area contributed by atoms with Crippen LogP contribution >= 0.6 is 0 Å². The molecule has 0 bridgehead atoms. The first kappa shape index (κ1) is 28.6. The molecule has 5 heteroatoms. The molecule has 0 radical (unpaired) electrons. The van der Waals surface area contributed by atoms with Crippen molar-refractivity contribution in [2.75, 3.05) is 4.90 Å². The molecule has 0 spiro atoms. The summed E-state index contributed by atoms with van der Waals surface area (Å²) in [6, 6.07) is 60.2. The first-order valence-corrected chi connectivity index (χ1v) is 17.0. The highest BCUT2D eigenvalue weighted by Gasteiger charge is 2.18. The van der Waals surface area contributed by atoms with E-state index in [-0.39, 0.29) is 4.90 Å². The monoisotopic (exact) mass is 626 g/mol. The summed E-state index contributed by atoms with van der Waals surface area (Å²) in [5.74, 6) is 0. The molecule has 8 aromatic rings. The van der Waals surface area contributed by atoms with E-state index < -0.39 is 9.84 Å². The van der Waals surface area contributed by atoms with Crippen molar-refractivity contribution in [3.8, 4) is 16.8 Å². The Morgan fingerprint density at radius 3 is 1.51 bits per heavy atom. The molecule has 0 fully saturated rings. The second-order valence-electron chi connectivity index (χ2n) is 11.4. The zero-order chi connectivity index (χ0) is 31.8. The van der Waals surface area contributed by atoms with Gasteiger partial charge in [-0.3, -0.25) is 0 Å². The third-order valence-corrected chi connectivity index (χ3v) is 10.4. The predicted molar refractivity (Wildman–Crippen MR) is 193 cm³/mol. The Morgan fingerprint density at radius 1 is 0.404 bits per heavy atom. The lowest BCUT2D eigenvalue weighted by Gasteiger charge is -2.25. The minimum Gasteiger partial charge on any atom is -0.310 e. The van der Waals surface area contributed by atoms with Gasteiger partial charge in [0.05, 0.1) is 20.8 Å². The Kier molecular flexibility index (Phi) is 7.16. The molecule has 0 aliphatic carbocycles. The minimum absolute atomic E-state index is 0.284. The van der Waals surface area contributed by atoms with Crippen molar-refractivity contribution in [2.45, 2.75) is 9.79 Å². The van der Waals surface area contributed by atoms with E-state index in [1.54, 1.807) is 36.4 Å². The summed E-state index contributed by atoms with van der Waals surface area (Å²) in [6.45, 7) is 0. The topological polar surface area (TPSA) is 42.3 Å². The van der Waals surface area contributed by atoms with Gasteiger partial charge < -0.3 is 9.47 Å². The third-order valence-electron chi connectivity index (χ3n) is 8.62. The fourth-order valence-electron chi connectivity index (χ4n) is 6.34. The lowest BCUT2D eigenvalue weighted by molar-refractivity contribution is 0.596. The molecule has 0 atom stereocenters. The Hall–Kier alpha value is -5.91. The molecule has 0 N–H and O–H groups in total. The molecular formula is C42H30N2O2S. The van der Waals surface area contributed by atoms with Gasteiger partial charge in [0, 0.05) is 33.5 Å². The number of nitrogens with zero attached hydrogens (tertiary/aromatic N) is 2. The van der Waals surface area contributed by atoms with Crippen LogP contribution in [0.25, 0.3) is 38.6 Å². The quantitative estimate of drug-likeness (QED) is 0.177. The number of rotatable bonds is 7. The number of sulfone groups is 1. The highest BCUT2D eigenvalue weighted by Crippen LogP contribution is 2.39. The fraction of sp³-hybridized carbons (Fsp3) is 0. The van der Waals surface area contributed by atoms with Crippen molar-refractivity contribution in [2.24, 2.45) is 0 Å². The normalized spacial score (nSPS) is 11.6. The number of para-hydroxylation sites is 3. The van der Waals surface area contributed by atoms with Gasteiger partial charge in [-0.25, -0.2) is 8.42 Å². The highest BCUT2D eigenvalue weighted by atomic mass is 32.2. The van der Waals surface area contributed by atoms with Gasteiger partial charge in [0.1, 0.15) is 0 Å². The van der Waals surface area contributed by atoms with Crippen LogP contribution in [0.1, 0.15) is 0 Å². The van der Waals surface area contributed by atoms with Gasteiger partial charge in [-0.15, -0.1) is 0 Å². The second-order valence-corrected chi connectivity index (χ2v) is 13.4. The molecule has 4 nitrogen and oxygen atoms in total. The molecule has 0 unspecified atom stereocenters. The van der Waals surface area contributed by atoms with Gasteiger partial charge >= 0.3 is 0 Å². The zero-order valence-corrected chi connectivity index (χ0v) is 26.3. The Balaban J connectivity index is 1.17. The van der Waals surface area contributed by atoms with Crippen LogP contribution in [-0.2, 0) is 9.84 Å². The molecule has 1 heterocycles. The largest absolute Gasteiger partial charge is 0.310 e. The van der Waals surface area contributed by atoms with Crippen molar-refractivity contribution < 1.29 is 8.42 Å². The maximum absolute atomic E-state index is 13.1. The maximum atomic E-state index is 13.1. The molecule has 7 aromatic carbocycles. The maximum Gasteiger partial charge on any atom is 0.206 e. The highest BCUT2D eigenvalue weighted by molar-refractivity contribution is 7.91. The summed E-state index contributed by atoms with van der Waals surface area (Å²) < 4.78 is 28.4. The van der Waals surface area contributed by atoms with Crippen LogP contribution in [0, 0.1) is 0 Å². The second kappa shape index (κ2) is 11.8. The Morgan fingerprint density at radius 2 is 0.894 bits per heavy atom. The van der Waals surface area contributed by atoms with Crippen LogP contribution in [0.3, 0.4) is 0 Å². The Bertz CT molecular complexity index is 2400. The van der Waals surface area contributed by atoms with Crippen molar-refractivity contribution in [3.05, 3.63) is 182 Å². The van der Waals surface area contributed by atoms with Gasteiger partial charge in [0.15, 0.2) is 0 Å². The predicted octanol–water partition coefficient (Wildman–Crippen LogP) is 10.8. The standard InChI is InChI=1S/C42H30N2O2S/c45-47(46,37-16-8-3-9-17-37)38-27-22-32(23-28-38)31-20-24-35(25-21-31)44-41-19-11-10-18-39(41)40-30-36(26-29-42(40)44)43(33-12-4-1-5-13-33)34-14-6-2-7-15-34/h1-30H. The van der Waals surface area contributed by atoms with E-state index in [0.717, 1.165) is 44.9 Å². The van der Waals surface area contributed by atoms with E-state index in [1.165, 1.54) is 10.8 Å². The van der Waals surface area contributed by atoms with Gasteiger partial charge in [0.25, 0.3) is 0 Å². The van der Waals surface area contributed by atoms with Crippen LogP contribution in [0.2, 0.25) is 0 Å². The smallest absolute Gasteiger partial charge is 0.206 e. The lowest BCUT2D eigenvalue weighted by Crippen LogP contribution is -2.09. The molecule has 0 amide bonds. The lowest BCUT2D eigenvalue weighted by atomic mass is 10.1. The van der Waals surface area contributed by atoms with E-state index >= 15 is 0 Å². The van der Waals surface area contributed by atoms with E-state index in [4.69, 9.17) is 0 Å². The molecule has 0 aliphatic heterocycles. The van der Waals surface area contributed by atoms with Crippen LogP contribution in [0.5, 0.6) is 0 Å². The van der Waals surface area contributed by atoms with Gasteiger partial charge in [-0.05, 0) is 96.1 Å². The number of fused-ring (bicyclic) bond motifs is 3. The van der Waals surface area contributed by atoms with Crippen LogP contribution in [0.15, 0.2) is 192 Å². The summed E-state index contributed by atoms with van der Waals surface area (Å²) in [4.78, 5) is 2.87. The van der Waals surface area contributed by atoms with Crippen LogP contribution < -0.4 is 4.90 Å². The molecule has 1 aromatic heterocycles. The van der Waals surface area contributed by atoms with E-state index in [2.05, 4.69) is 125 Å². The van der Waals surface area contributed by atoms with E-state index in [9.17, 15) is 8.42 Å². The van der Waals surface area contributed by atoms with Crippen molar-refractivity contribution >= 4 is 48.7 Å². The molecule has 0 saturated heterocycles. The first-order valence-electron chi connectivity index (χ1n) is 15.5. The molecular weight excluding hydrogens is 597 g/mol. The molecule has 0 saturated carbocycles. The SMILES string of the molecule is O=S(=O)(c1ccccc1)c1ccc(-c2ccc(-n3c4ccccc4c4cc(N(c5ccccc5)c5ccccc5)ccc43)cc2)cc1. The van der Waals surface area contributed by atoms with E-state index in [1.807, 2.05) is 30.3 Å². The van der Waals surface area contributed by atoms with E-state index in [0.29, 0.717) is 4.90 Å². The van der Waals surface area contributed by atoms with Crippen molar-refractivity contribution in [3.63, 3.8) is 0 Å². The summed E-state index contributed by atoms with van der Waals surface area (Å²) in [6.07, 6.45) is 0. The molecule has 226 valence electrons. The summed E-state index contributed by atoms with van der Waals surface area (Å²) in [7, 11) is -3.56. The van der Waals surface area contributed by atoms with Crippen molar-refractivity contribution in [1.29, 1.82) is 0 Å². The average molecular weight is 627 g/mol. The van der Waals surface area contributed by atoms with Gasteiger partial charge in [0.2, 0.25) is 9.84 Å².